The highest BCUT2D eigenvalue weighted by molar-refractivity contribution is 9.09. The predicted octanol–water partition coefficient (Wildman–Crippen LogP) is -2.33. The Bertz CT molecular complexity index is 603. The maximum Gasteiger partial charge on any atom is 0.332 e. The summed E-state index contributed by atoms with van der Waals surface area (Å²) < 4.78 is 11.6. The molecule has 118 valence electrons. The zero-order chi connectivity index (χ0) is 15.6. The van der Waals surface area contributed by atoms with E-state index in [9.17, 15) is 19.8 Å². The van der Waals surface area contributed by atoms with Crippen LogP contribution in [-0.4, -0.2) is 61.7 Å². The number of nitrogens with zero attached hydrogens (tertiary/aromatic N) is 1. The first kappa shape index (κ1) is 16.3. The number of hydrogen-bond donors (Lipinski definition) is 4. The predicted molar refractivity (Wildman–Crippen MR) is 73.0 cm³/mol. The standard InChI is InChI=1S/C11H15BrN2O7/c12-2-4-20-11(9(18)8(17)6(5-15)21-11)14-3-1-7(16)13-10(14)19/h1,3,6,8-9,15,17-18H,2,4-5H2,(H,13,16,19)/t6-,8-,9-,11-/m1/s1. The molecule has 2 rings (SSSR count). The van der Waals surface area contributed by atoms with Crippen LogP contribution >= 0.6 is 15.9 Å². The van der Waals surface area contributed by atoms with Crippen LogP contribution in [0.2, 0.25) is 0 Å². The molecule has 0 saturated carbocycles. The van der Waals surface area contributed by atoms with E-state index in [1.54, 1.807) is 0 Å². The lowest BCUT2D eigenvalue weighted by Crippen LogP contribution is -2.53. The molecule has 0 radical (unpaired) electrons. The second-order valence-corrected chi connectivity index (χ2v) is 5.22. The summed E-state index contributed by atoms with van der Waals surface area (Å²) in [5.74, 6) is -2.03. The molecule has 4 atom stereocenters. The number of aromatic nitrogens is 2. The van der Waals surface area contributed by atoms with Crippen molar-refractivity contribution in [2.75, 3.05) is 18.5 Å². The summed E-state index contributed by atoms with van der Waals surface area (Å²) >= 11 is 3.13. The minimum absolute atomic E-state index is 0.0491. The van der Waals surface area contributed by atoms with Crippen molar-refractivity contribution in [1.82, 2.24) is 9.55 Å². The summed E-state index contributed by atoms with van der Waals surface area (Å²) in [6.07, 6.45) is -3.12. The third-order valence-electron chi connectivity index (χ3n) is 3.12. The fraction of sp³-hybridized carbons (Fsp3) is 0.636. The van der Waals surface area contributed by atoms with Crippen LogP contribution in [0.4, 0.5) is 0 Å². The highest BCUT2D eigenvalue weighted by atomic mass is 79.9. The first-order chi connectivity index (χ1) is 9.96. The van der Waals surface area contributed by atoms with Crippen LogP contribution < -0.4 is 11.2 Å². The number of nitrogens with one attached hydrogen (secondary N) is 1. The van der Waals surface area contributed by atoms with Crippen LogP contribution in [0.3, 0.4) is 0 Å². The van der Waals surface area contributed by atoms with Gasteiger partial charge < -0.3 is 24.8 Å². The number of aliphatic hydroxyl groups is 3. The molecule has 4 N–H and O–H groups in total. The van der Waals surface area contributed by atoms with E-state index in [4.69, 9.17) is 14.6 Å². The summed E-state index contributed by atoms with van der Waals surface area (Å²) in [6, 6.07) is 1.05. The van der Waals surface area contributed by atoms with E-state index < -0.39 is 42.1 Å². The summed E-state index contributed by atoms with van der Waals surface area (Å²) in [5, 5.41) is 29.6. The van der Waals surface area contributed by atoms with Crippen LogP contribution in [0, 0.1) is 0 Å². The molecule has 0 bridgehead atoms. The molecule has 21 heavy (non-hydrogen) atoms. The summed E-state index contributed by atoms with van der Waals surface area (Å²) in [7, 11) is 0. The minimum Gasteiger partial charge on any atom is -0.394 e. The first-order valence-electron chi connectivity index (χ1n) is 6.13. The lowest BCUT2D eigenvalue weighted by atomic mass is 10.1. The Morgan fingerprint density at radius 2 is 2.19 bits per heavy atom. The zero-order valence-electron chi connectivity index (χ0n) is 10.8. The van der Waals surface area contributed by atoms with Crippen molar-refractivity contribution in [3.63, 3.8) is 0 Å². The molecule has 1 aliphatic rings. The quantitative estimate of drug-likeness (QED) is 0.429. The van der Waals surface area contributed by atoms with Gasteiger partial charge in [0.1, 0.15) is 12.2 Å². The van der Waals surface area contributed by atoms with Gasteiger partial charge in [0, 0.05) is 17.6 Å². The average Bonchev–Trinajstić information content (AvgIpc) is 2.70. The minimum atomic E-state index is -2.03. The number of hydrogen-bond acceptors (Lipinski definition) is 7. The van der Waals surface area contributed by atoms with Gasteiger partial charge in [0.2, 0.25) is 0 Å². The molecule has 0 aromatic carbocycles. The topological polar surface area (TPSA) is 134 Å². The summed E-state index contributed by atoms with van der Waals surface area (Å²) in [5.41, 5.74) is -1.50. The molecule has 9 nitrogen and oxygen atoms in total. The highest BCUT2D eigenvalue weighted by Crippen LogP contribution is 2.35. The van der Waals surface area contributed by atoms with Crippen molar-refractivity contribution < 1.29 is 24.8 Å². The maximum atomic E-state index is 11.9. The SMILES string of the molecule is O=c1ccn([C@]2(OCCBr)O[C@H](CO)[C@@H](O)[C@H]2O)c(=O)[nH]1. The van der Waals surface area contributed by atoms with Gasteiger partial charge in [-0.05, 0) is 0 Å². The van der Waals surface area contributed by atoms with Gasteiger partial charge in [-0.2, -0.15) is 0 Å². The van der Waals surface area contributed by atoms with E-state index in [2.05, 4.69) is 15.9 Å². The molecule has 0 aliphatic carbocycles. The van der Waals surface area contributed by atoms with Gasteiger partial charge in [-0.25, -0.2) is 9.36 Å². The second kappa shape index (κ2) is 6.38. The fourth-order valence-corrected chi connectivity index (χ4v) is 2.32. The first-order valence-corrected chi connectivity index (χ1v) is 7.25. The van der Waals surface area contributed by atoms with Gasteiger partial charge in [0.25, 0.3) is 11.5 Å². The Labute approximate surface area is 126 Å². The smallest absolute Gasteiger partial charge is 0.332 e. The van der Waals surface area contributed by atoms with Crippen molar-refractivity contribution in [2.24, 2.45) is 0 Å². The van der Waals surface area contributed by atoms with Gasteiger partial charge in [-0.3, -0.25) is 9.78 Å². The third-order valence-corrected chi connectivity index (χ3v) is 3.45. The molecule has 0 unspecified atom stereocenters. The Hall–Kier alpha value is -1.04. The average molecular weight is 367 g/mol. The lowest BCUT2D eigenvalue weighted by molar-refractivity contribution is -0.315. The van der Waals surface area contributed by atoms with E-state index in [0.717, 1.165) is 16.8 Å². The van der Waals surface area contributed by atoms with Crippen molar-refractivity contribution in [1.29, 1.82) is 0 Å². The lowest BCUT2D eigenvalue weighted by Gasteiger charge is -2.32. The second-order valence-electron chi connectivity index (χ2n) is 4.42. The molecular weight excluding hydrogens is 352 g/mol. The van der Waals surface area contributed by atoms with Crippen molar-refractivity contribution >= 4 is 15.9 Å². The van der Waals surface area contributed by atoms with Gasteiger partial charge in [-0.1, -0.05) is 15.9 Å². The Morgan fingerprint density at radius 3 is 2.71 bits per heavy atom. The Balaban J connectivity index is 2.52. The number of ether oxygens (including phenoxy) is 2. The number of alkyl halides is 1. The molecule has 1 aromatic heterocycles. The van der Waals surface area contributed by atoms with Crippen LogP contribution in [0.25, 0.3) is 0 Å². The maximum absolute atomic E-state index is 11.9. The van der Waals surface area contributed by atoms with Crippen LogP contribution in [0.15, 0.2) is 21.9 Å². The third kappa shape index (κ3) is 2.82. The van der Waals surface area contributed by atoms with Crippen LogP contribution in [0.5, 0.6) is 0 Å². The van der Waals surface area contributed by atoms with E-state index in [1.807, 2.05) is 4.98 Å². The largest absolute Gasteiger partial charge is 0.394 e. The van der Waals surface area contributed by atoms with Gasteiger partial charge in [0.05, 0.1) is 13.2 Å². The number of rotatable bonds is 5. The summed E-state index contributed by atoms with van der Waals surface area (Å²) in [4.78, 5) is 25.1. The van der Waals surface area contributed by atoms with E-state index >= 15 is 0 Å². The number of H-pyrrole nitrogens is 1. The van der Waals surface area contributed by atoms with Crippen molar-refractivity contribution in [3.05, 3.63) is 33.1 Å². The molecular formula is C11H15BrN2O7. The molecule has 2 heterocycles. The van der Waals surface area contributed by atoms with Crippen molar-refractivity contribution in [3.8, 4) is 0 Å². The number of halogens is 1. The summed E-state index contributed by atoms with van der Waals surface area (Å²) in [6.45, 7) is -0.525. The molecule has 0 spiro atoms. The van der Waals surface area contributed by atoms with Crippen LogP contribution in [0.1, 0.15) is 0 Å². The molecule has 1 aliphatic heterocycles. The van der Waals surface area contributed by atoms with Crippen molar-refractivity contribution in [2.45, 2.75) is 24.2 Å². The van der Waals surface area contributed by atoms with Gasteiger partial charge >= 0.3 is 5.69 Å². The number of aromatic amines is 1. The molecule has 1 aromatic rings. The van der Waals surface area contributed by atoms with Crippen LogP contribution in [-0.2, 0) is 15.4 Å². The molecule has 0 amide bonds. The molecule has 1 saturated heterocycles. The zero-order valence-corrected chi connectivity index (χ0v) is 12.4. The van der Waals surface area contributed by atoms with Gasteiger partial charge in [-0.15, -0.1) is 0 Å². The normalized spacial score (nSPS) is 32.5. The molecule has 10 heteroatoms. The highest BCUT2D eigenvalue weighted by Gasteiger charge is 2.57. The molecule has 1 fully saturated rings. The Kier molecular flexibility index (Phi) is 4.96. The van der Waals surface area contributed by atoms with Gasteiger partial charge in [0.15, 0.2) is 6.10 Å². The van der Waals surface area contributed by atoms with E-state index in [1.165, 1.54) is 0 Å². The monoisotopic (exact) mass is 366 g/mol. The Morgan fingerprint density at radius 1 is 1.48 bits per heavy atom. The van der Waals surface area contributed by atoms with E-state index in [0.29, 0.717) is 5.33 Å². The van der Waals surface area contributed by atoms with E-state index in [-0.39, 0.29) is 6.61 Å². The number of aliphatic hydroxyl groups excluding tert-OH is 3. The fourth-order valence-electron chi connectivity index (χ4n) is 2.16.